The Morgan fingerprint density at radius 2 is 2.00 bits per heavy atom. The van der Waals surface area contributed by atoms with Crippen LogP contribution in [0.2, 0.25) is 0 Å². The molecule has 3 rings (SSSR count). The lowest BCUT2D eigenvalue weighted by molar-refractivity contribution is -0.138. The Balaban J connectivity index is 1.74. The number of rotatable bonds is 2. The second-order valence-corrected chi connectivity index (χ2v) is 7.93. The van der Waals surface area contributed by atoms with E-state index in [1.807, 2.05) is 0 Å². The standard InChI is InChI=1S/C14H16BrF3N2O2S/c15-12-2-1-10(9-11(12)14(16,17)18)23(21)20-6-3-13(4-7-20)19-5-8-22-13/h1-2,9,19H,3-8H2. The SMILES string of the molecule is O=S(c1ccc(Br)c(C(F)(F)F)c1)N1CCC2(CC1)NCCO2. The minimum absolute atomic E-state index is 0.0492. The van der Waals surface area contributed by atoms with Gasteiger partial charge in [-0.2, -0.15) is 13.2 Å². The first kappa shape index (κ1) is 17.3. The molecule has 0 radical (unpaired) electrons. The van der Waals surface area contributed by atoms with Crippen molar-refractivity contribution in [3.05, 3.63) is 28.2 Å². The van der Waals surface area contributed by atoms with E-state index in [-0.39, 0.29) is 15.1 Å². The molecule has 2 saturated heterocycles. The molecule has 2 aliphatic rings. The third kappa shape index (κ3) is 3.63. The summed E-state index contributed by atoms with van der Waals surface area (Å²) in [7, 11) is -1.61. The van der Waals surface area contributed by atoms with Crippen LogP contribution >= 0.6 is 15.9 Å². The van der Waals surface area contributed by atoms with E-state index in [1.54, 1.807) is 4.31 Å². The molecule has 9 heteroatoms. The second-order valence-electron chi connectivity index (χ2n) is 5.59. The molecule has 0 aromatic heterocycles. The number of piperidine rings is 1. The smallest absolute Gasteiger partial charge is 0.359 e. The minimum Gasteiger partial charge on any atom is -0.359 e. The molecule has 1 spiro atoms. The van der Waals surface area contributed by atoms with Gasteiger partial charge in [-0.05, 0) is 18.2 Å². The topological polar surface area (TPSA) is 41.6 Å². The van der Waals surface area contributed by atoms with Gasteiger partial charge < -0.3 is 4.74 Å². The molecule has 1 N–H and O–H groups in total. The van der Waals surface area contributed by atoms with Gasteiger partial charge in [0, 0.05) is 36.9 Å². The van der Waals surface area contributed by atoms with E-state index in [1.165, 1.54) is 12.1 Å². The van der Waals surface area contributed by atoms with Gasteiger partial charge in [0.1, 0.15) is 16.7 Å². The molecule has 23 heavy (non-hydrogen) atoms. The Morgan fingerprint density at radius 1 is 1.30 bits per heavy atom. The Hall–Kier alpha value is -0.480. The molecule has 0 bridgehead atoms. The largest absolute Gasteiger partial charge is 0.417 e. The van der Waals surface area contributed by atoms with Crippen molar-refractivity contribution in [3.8, 4) is 0 Å². The van der Waals surface area contributed by atoms with Crippen molar-refractivity contribution in [2.45, 2.75) is 29.6 Å². The van der Waals surface area contributed by atoms with Crippen molar-refractivity contribution in [2.24, 2.45) is 0 Å². The number of halogens is 4. The molecule has 1 aromatic rings. The molecule has 1 atom stereocenters. The Bertz CT molecular complexity index is 611. The zero-order valence-corrected chi connectivity index (χ0v) is 14.6. The van der Waals surface area contributed by atoms with Crippen LogP contribution in [0.1, 0.15) is 18.4 Å². The summed E-state index contributed by atoms with van der Waals surface area (Å²) in [6.45, 7) is 2.48. The van der Waals surface area contributed by atoms with Crippen molar-refractivity contribution in [1.29, 1.82) is 0 Å². The fraction of sp³-hybridized carbons (Fsp3) is 0.571. The fourth-order valence-corrected chi connectivity index (χ4v) is 4.58. The van der Waals surface area contributed by atoms with Crippen molar-refractivity contribution in [2.75, 3.05) is 26.2 Å². The van der Waals surface area contributed by atoms with Crippen molar-refractivity contribution in [3.63, 3.8) is 0 Å². The predicted molar refractivity (Wildman–Crippen MR) is 83.0 cm³/mol. The molecule has 2 heterocycles. The number of alkyl halides is 3. The third-order valence-corrected chi connectivity index (χ3v) is 6.32. The normalized spacial score (nSPS) is 23.3. The highest BCUT2D eigenvalue weighted by Gasteiger charge is 2.40. The van der Waals surface area contributed by atoms with E-state index in [0.717, 1.165) is 12.6 Å². The predicted octanol–water partition coefficient (Wildman–Crippen LogP) is 2.90. The Kier molecular flexibility index (Phi) is 4.85. The summed E-state index contributed by atoms with van der Waals surface area (Å²) < 4.78 is 58.8. The Morgan fingerprint density at radius 3 is 2.57 bits per heavy atom. The van der Waals surface area contributed by atoms with Gasteiger partial charge in [-0.1, -0.05) is 15.9 Å². The molecule has 1 aromatic carbocycles. The van der Waals surface area contributed by atoms with Crippen LogP contribution in [0.4, 0.5) is 13.2 Å². The van der Waals surface area contributed by atoms with Crippen molar-refractivity contribution in [1.82, 2.24) is 9.62 Å². The highest BCUT2D eigenvalue weighted by atomic mass is 79.9. The highest BCUT2D eigenvalue weighted by Crippen LogP contribution is 2.36. The van der Waals surface area contributed by atoms with Gasteiger partial charge in [0.25, 0.3) is 0 Å². The van der Waals surface area contributed by atoms with Crippen LogP contribution in [0.3, 0.4) is 0 Å². The maximum Gasteiger partial charge on any atom is 0.417 e. The summed E-state index contributed by atoms with van der Waals surface area (Å²) in [5, 5.41) is 3.30. The quantitative estimate of drug-likeness (QED) is 0.811. The van der Waals surface area contributed by atoms with Crippen LogP contribution in [-0.2, 0) is 21.9 Å². The van der Waals surface area contributed by atoms with Crippen LogP contribution in [0, 0.1) is 0 Å². The van der Waals surface area contributed by atoms with E-state index < -0.39 is 22.7 Å². The van der Waals surface area contributed by atoms with Crippen molar-refractivity contribution >= 4 is 26.9 Å². The molecule has 0 saturated carbocycles. The summed E-state index contributed by atoms with van der Waals surface area (Å²) >= 11 is 2.89. The Labute approximate surface area is 143 Å². The summed E-state index contributed by atoms with van der Waals surface area (Å²) in [5.41, 5.74) is -1.16. The minimum atomic E-state index is -4.48. The number of nitrogens with one attached hydrogen (secondary N) is 1. The lowest BCUT2D eigenvalue weighted by Gasteiger charge is -2.37. The van der Waals surface area contributed by atoms with Crippen LogP contribution in [0.5, 0.6) is 0 Å². The van der Waals surface area contributed by atoms with Gasteiger partial charge >= 0.3 is 6.18 Å². The maximum absolute atomic E-state index is 13.0. The van der Waals surface area contributed by atoms with Gasteiger partial charge in [-0.15, -0.1) is 0 Å². The van der Waals surface area contributed by atoms with Crippen LogP contribution in [0.25, 0.3) is 0 Å². The molecule has 128 valence electrons. The molecule has 2 aliphatic heterocycles. The van der Waals surface area contributed by atoms with E-state index in [4.69, 9.17) is 4.74 Å². The molecule has 4 nitrogen and oxygen atoms in total. The van der Waals surface area contributed by atoms with E-state index in [2.05, 4.69) is 21.2 Å². The third-order valence-electron chi connectivity index (χ3n) is 4.14. The molecule has 1 unspecified atom stereocenters. The average Bonchev–Trinajstić information content (AvgIpc) is 2.95. The number of hydrogen-bond donors (Lipinski definition) is 1. The first-order chi connectivity index (χ1) is 10.8. The molecular weight excluding hydrogens is 397 g/mol. The first-order valence-electron chi connectivity index (χ1n) is 7.23. The van der Waals surface area contributed by atoms with E-state index >= 15 is 0 Å². The number of benzene rings is 1. The maximum atomic E-state index is 13.0. The van der Waals surface area contributed by atoms with E-state index in [9.17, 15) is 17.4 Å². The molecular formula is C14H16BrF3N2O2S. The lowest BCUT2D eigenvalue weighted by atomic mass is 10.0. The monoisotopic (exact) mass is 412 g/mol. The number of nitrogens with zero attached hydrogens (tertiary/aromatic N) is 1. The highest BCUT2D eigenvalue weighted by molar-refractivity contribution is 9.10. The molecule has 2 fully saturated rings. The molecule has 0 aliphatic carbocycles. The second kappa shape index (κ2) is 6.44. The van der Waals surface area contributed by atoms with Gasteiger partial charge in [-0.25, -0.2) is 8.51 Å². The number of hydrogen-bond acceptors (Lipinski definition) is 3. The van der Waals surface area contributed by atoms with Crippen LogP contribution in [-0.4, -0.2) is 40.5 Å². The van der Waals surface area contributed by atoms with Gasteiger partial charge in [0.15, 0.2) is 0 Å². The van der Waals surface area contributed by atoms with Gasteiger partial charge in [0.05, 0.1) is 17.1 Å². The zero-order chi connectivity index (χ0) is 16.7. The zero-order valence-electron chi connectivity index (χ0n) is 12.2. The lowest BCUT2D eigenvalue weighted by Crippen LogP contribution is -2.51. The molecule has 0 amide bonds. The summed E-state index contributed by atoms with van der Waals surface area (Å²) in [5.74, 6) is 0. The summed E-state index contributed by atoms with van der Waals surface area (Å²) in [4.78, 5) is 0.164. The first-order valence-corrected chi connectivity index (χ1v) is 9.13. The van der Waals surface area contributed by atoms with E-state index in [0.29, 0.717) is 32.5 Å². The number of ether oxygens (including phenoxy) is 1. The fourth-order valence-electron chi connectivity index (χ4n) is 2.89. The summed E-state index contributed by atoms with van der Waals surface area (Å²) in [6, 6.07) is 3.71. The van der Waals surface area contributed by atoms with Crippen LogP contribution < -0.4 is 5.32 Å². The van der Waals surface area contributed by atoms with Gasteiger partial charge in [-0.3, -0.25) is 5.32 Å². The van der Waals surface area contributed by atoms with Gasteiger partial charge in [0.2, 0.25) is 0 Å². The summed E-state index contributed by atoms with van der Waals surface area (Å²) in [6.07, 6.45) is -3.14. The average molecular weight is 413 g/mol. The van der Waals surface area contributed by atoms with Crippen molar-refractivity contribution < 1.29 is 22.1 Å². The van der Waals surface area contributed by atoms with Crippen LogP contribution in [0.15, 0.2) is 27.6 Å².